The van der Waals surface area contributed by atoms with Gasteiger partial charge in [0.05, 0.1) is 34.0 Å². The molecule has 0 saturated carbocycles. The third-order valence-corrected chi connectivity index (χ3v) is 7.46. The molecule has 6 rings (SSSR count). The van der Waals surface area contributed by atoms with Gasteiger partial charge in [0.1, 0.15) is 6.10 Å². The maximum atomic E-state index is 13.8. The summed E-state index contributed by atoms with van der Waals surface area (Å²) in [6, 6.07) is 12.1. The highest BCUT2D eigenvalue weighted by molar-refractivity contribution is 6.30. The molecule has 0 bridgehead atoms. The van der Waals surface area contributed by atoms with Crippen LogP contribution < -0.4 is 29.0 Å². The Labute approximate surface area is 225 Å². The zero-order valence-electron chi connectivity index (χ0n) is 21.2. The summed E-state index contributed by atoms with van der Waals surface area (Å²) in [4.78, 5) is 15.6. The van der Waals surface area contributed by atoms with Crippen LogP contribution in [0.5, 0.6) is 28.7 Å². The Hall–Kier alpha value is -3.82. The molecule has 0 radical (unpaired) electrons. The van der Waals surface area contributed by atoms with Crippen LogP contribution in [0.25, 0.3) is 0 Å². The van der Waals surface area contributed by atoms with Crippen molar-refractivity contribution >= 4 is 23.3 Å². The molecule has 198 valence electrons. The largest absolute Gasteiger partial charge is 0.493 e. The number of rotatable bonds is 5. The third-order valence-electron chi connectivity index (χ3n) is 7.22. The number of carbonyl (C=O) groups excluding carboxylic acids is 1. The number of anilines is 1. The predicted molar refractivity (Wildman–Crippen MR) is 140 cm³/mol. The summed E-state index contributed by atoms with van der Waals surface area (Å²) in [7, 11) is 4.80. The van der Waals surface area contributed by atoms with Crippen molar-refractivity contribution in [2.75, 3.05) is 40.0 Å². The maximum absolute atomic E-state index is 13.8. The number of nitrogens with zero attached hydrogens (tertiary/aromatic N) is 1. The van der Waals surface area contributed by atoms with Crippen molar-refractivity contribution < 1.29 is 33.2 Å². The molecule has 3 heterocycles. The van der Waals surface area contributed by atoms with Gasteiger partial charge in [-0.15, -0.1) is 0 Å². The molecule has 2 atom stereocenters. The second-order valence-electron chi connectivity index (χ2n) is 9.15. The molecule has 0 aromatic heterocycles. The quantitative estimate of drug-likeness (QED) is 0.459. The van der Waals surface area contributed by atoms with Crippen molar-refractivity contribution in [3.63, 3.8) is 0 Å². The van der Waals surface area contributed by atoms with E-state index in [4.69, 9.17) is 40.0 Å². The molecule has 3 aliphatic rings. The second-order valence-corrected chi connectivity index (χ2v) is 9.58. The van der Waals surface area contributed by atoms with Gasteiger partial charge in [0.2, 0.25) is 12.5 Å². The second kappa shape index (κ2) is 9.81. The molecule has 0 fully saturated rings. The van der Waals surface area contributed by atoms with Gasteiger partial charge in [0.25, 0.3) is 0 Å². The summed E-state index contributed by atoms with van der Waals surface area (Å²) in [6.45, 7) is 0.871. The van der Waals surface area contributed by atoms with Crippen molar-refractivity contribution in [2.45, 2.75) is 25.2 Å². The highest BCUT2D eigenvalue weighted by Crippen LogP contribution is 2.55. The maximum Gasteiger partial charge on any atom is 0.322 e. The topological polar surface area (TPSA) is 87.7 Å². The average molecular weight is 539 g/mol. The van der Waals surface area contributed by atoms with Gasteiger partial charge in [0.15, 0.2) is 23.0 Å². The fraction of sp³-hybridized carbons (Fsp3) is 0.321. The molecule has 3 aliphatic heterocycles. The Kier molecular flexibility index (Phi) is 6.33. The summed E-state index contributed by atoms with van der Waals surface area (Å²) in [5.74, 6) is 2.94. The molecule has 2 amide bonds. The van der Waals surface area contributed by atoms with Gasteiger partial charge in [-0.25, -0.2) is 4.79 Å². The summed E-state index contributed by atoms with van der Waals surface area (Å²) >= 11 is 6.17. The minimum Gasteiger partial charge on any atom is -0.493 e. The number of methoxy groups -OCH3 is 3. The number of urea groups is 1. The lowest BCUT2D eigenvalue weighted by Gasteiger charge is -2.41. The molecular weight excluding hydrogens is 512 g/mol. The highest BCUT2D eigenvalue weighted by atomic mass is 35.5. The van der Waals surface area contributed by atoms with Gasteiger partial charge in [-0.1, -0.05) is 23.7 Å². The van der Waals surface area contributed by atoms with E-state index in [0.29, 0.717) is 59.0 Å². The van der Waals surface area contributed by atoms with Crippen LogP contribution in [-0.4, -0.2) is 45.6 Å². The van der Waals surface area contributed by atoms with Crippen molar-refractivity contribution in [2.24, 2.45) is 0 Å². The molecule has 0 spiro atoms. The van der Waals surface area contributed by atoms with Gasteiger partial charge in [-0.3, -0.25) is 0 Å². The number of hydrogen-bond donors (Lipinski definition) is 1. The third kappa shape index (κ3) is 3.93. The Balaban J connectivity index is 1.48. The van der Waals surface area contributed by atoms with Crippen molar-refractivity contribution in [3.05, 3.63) is 69.7 Å². The molecule has 0 saturated heterocycles. The van der Waals surface area contributed by atoms with Crippen molar-refractivity contribution in [1.82, 2.24) is 4.90 Å². The average Bonchev–Trinajstić information content (AvgIpc) is 3.57. The van der Waals surface area contributed by atoms with E-state index in [1.165, 1.54) is 0 Å². The molecule has 2 unspecified atom stereocenters. The number of amides is 2. The van der Waals surface area contributed by atoms with E-state index in [1.54, 1.807) is 50.5 Å². The van der Waals surface area contributed by atoms with E-state index < -0.39 is 12.1 Å². The number of nitrogens with one attached hydrogen (secondary N) is 1. The lowest BCUT2D eigenvalue weighted by molar-refractivity contribution is 0.00158. The van der Waals surface area contributed by atoms with E-state index in [1.807, 2.05) is 18.2 Å². The standard InChI is InChI=1S/C28H27ClN2O7/c1-33-20-8-7-18-19(24(20)34-2)13-36-25(18)23-22-15(11-21-26(27(22)35-3)38-14-37-21)9-10-31(23)28(32)30-17-6-4-5-16(29)12-17/h4-8,11-12,23,25H,9-10,13-14H2,1-3H3,(H,30,32). The minimum atomic E-state index is -0.526. The van der Waals surface area contributed by atoms with Crippen LogP contribution in [0.1, 0.15) is 34.4 Å². The van der Waals surface area contributed by atoms with E-state index >= 15 is 0 Å². The van der Waals surface area contributed by atoms with Crippen LogP contribution in [0, 0.1) is 0 Å². The number of benzene rings is 3. The van der Waals surface area contributed by atoms with E-state index in [2.05, 4.69) is 5.32 Å². The van der Waals surface area contributed by atoms with Gasteiger partial charge in [0, 0.05) is 28.4 Å². The van der Waals surface area contributed by atoms with Crippen molar-refractivity contribution in [1.29, 1.82) is 0 Å². The lowest BCUT2D eigenvalue weighted by atomic mass is 9.85. The molecule has 10 heteroatoms. The van der Waals surface area contributed by atoms with E-state index in [9.17, 15) is 4.79 Å². The van der Waals surface area contributed by atoms with Crippen LogP contribution in [0.3, 0.4) is 0 Å². The summed E-state index contributed by atoms with van der Waals surface area (Å²) in [5.41, 5.74) is 4.25. The van der Waals surface area contributed by atoms with Gasteiger partial charge >= 0.3 is 6.03 Å². The Morgan fingerprint density at radius 1 is 1.05 bits per heavy atom. The van der Waals surface area contributed by atoms with Gasteiger partial charge in [-0.2, -0.15) is 0 Å². The first kappa shape index (κ1) is 24.5. The smallest absolute Gasteiger partial charge is 0.322 e. The number of halogens is 1. The molecule has 1 N–H and O–H groups in total. The summed E-state index contributed by atoms with van der Waals surface area (Å²) < 4.78 is 35.0. The predicted octanol–water partition coefficient (Wildman–Crippen LogP) is 5.50. The van der Waals surface area contributed by atoms with Gasteiger partial charge in [-0.05, 0) is 47.9 Å². The first-order valence-electron chi connectivity index (χ1n) is 12.2. The van der Waals surface area contributed by atoms with Gasteiger partial charge < -0.3 is 38.6 Å². The first-order chi connectivity index (χ1) is 18.5. The molecule has 9 nitrogen and oxygen atoms in total. The zero-order valence-corrected chi connectivity index (χ0v) is 22.0. The Morgan fingerprint density at radius 2 is 1.89 bits per heavy atom. The molecule has 38 heavy (non-hydrogen) atoms. The number of fused-ring (bicyclic) bond motifs is 3. The molecule has 3 aromatic carbocycles. The zero-order chi connectivity index (χ0) is 26.4. The lowest BCUT2D eigenvalue weighted by Crippen LogP contribution is -2.45. The Bertz CT molecular complexity index is 1410. The van der Waals surface area contributed by atoms with Crippen LogP contribution in [0.2, 0.25) is 5.02 Å². The minimum absolute atomic E-state index is 0.109. The number of carbonyl (C=O) groups is 1. The van der Waals surface area contributed by atoms with Crippen LogP contribution in [-0.2, 0) is 17.8 Å². The molecule has 0 aliphatic carbocycles. The SMILES string of the molecule is COc1ccc2c(c1OC)COC2C1c2c(cc3c(c2OC)OCO3)CCN1C(=O)Nc1cccc(Cl)c1. The fourth-order valence-electron chi connectivity index (χ4n) is 5.60. The molecule has 3 aromatic rings. The summed E-state index contributed by atoms with van der Waals surface area (Å²) in [5, 5.41) is 3.53. The van der Waals surface area contributed by atoms with E-state index in [-0.39, 0.29) is 12.8 Å². The normalized spacial score (nSPS) is 19.0. The number of ether oxygens (including phenoxy) is 6. The summed E-state index contributed by atoms with van der Waals surface area (Å²) in [6.07, 6.45) is 0.107. The van der Waals surface area contributed by atoms with Crippen molar-refractivity contribution in [3.8, 4) is 28.7 Å². The molecular formula is C28H27ClN2O7. The monoisotopic (exact) mass is 538 g/mol. The fourth-order valence-corrected chi connectivity index (χ4v) is 5.79. The van der Waals surface area contributed by atoms with Crippen LogP contribution >= 0.6 is 11.6 Å². The van der Waals surface area contributed by atoms with E-state index in [0.717, 1.165) is 22.3 Å². The number of hydrogen-bond acceptors (Lipinski definition) is 7. The van der Waals surface area contributed by atoms with Crippen LogP contribution in [0.15, 0.2) is 42.5 Å². The first-order valence-corrected chi connectivity index (χ1v) is 12.6. The highest BCUT2D eigenvalue weighted by Gasteiger charge is 2.45. The Morgan fingerprint density at radius 3 is 2.66 bits per heavy atom. The van der Waals surface area contributed by atoms with Crippen LogP contribution in [0.4, 0.5) is 10.5 Å².